The highest BCUT2D eigenvalue weighted by Crippen LogP contribution is 2.33. The molecule has 0 heterocycles. The van der Waals surface area contributed by atoms with Crippen LogP contribution in [0.5, 0.6) is 0 Å². The highest BCUT2D eigenvalue weighted by molar-refractivity contribution is 9.10. The summed E-state index contributed by atoms with van der Waals surface area (Å²) < 4.78 is 0.796. The van der Waals surface area contributed by atoms with E-state index < -0.39 is 12.0 Å². The van der Waals surface area contributed by atoms with E-state index in [0.29, 0.717) is 17.9 Å². The van der Waals surface area contributed by atoms with Gasteiger partial charge in [-0.3, -0.25) is 4.79 Å². The monoisotopic (exact) mass is 311 g/mol. The Kier molecular flexibility index (Phi) is 4.01. The van der Waals surface area contributed by atoms with Gasteiger partial charge >= 0.3 is 5.97 Å². The van der Waals surface area contributed by atoms with Crippen molar-refractivity contribution in [3.05, 3.63) is 34.3 Å². The first-order valence-corrected chi connectivity index (χ1v) is 6.65. The largest absolute Gasteiger partial charge is 0.480 e. The molecule has 1 atom stereocenters. The van der Waals surface area contributed by atoms with Gasteiger partial charge in [-0.1, -0.05) is 34.8 Å². The Morgan fingerprint density at radius 2 is 2.17 bits per heavy atom. The van der Waals surface area contributed by atoms with Crippen LogP contribution >= 0.6 is 15.9 Å². The smallest absolute Gasteiger partial charge is 0.326 e. The molecular formula is C13H14BrNO3. The number of rotatable bonds is 5. The molecule has 0 radical (unpaired) electrons. The van der Waals surface area contributed by atoms with E-state index >= 15 is 0 Å². The van der Waals surface area contributed by atoms with E-state index in [0.717, 1.165) is 17.3 Å². The van der Waals surface area contributed by atoms with Crippen LogP contribution < -0.4 is 5.32 Å². The van der Waals surface area contributed by atoms with Crippen molar-refractivity contribution < 1.29 is 14.7 Å². The second kappa shape index (κ2) is 5.52. The maximum atomic E-state index is 11.9. The van der Waals surface area contributed by atoms with Crippen LogP contribution in [-0.4, -0.2) is 23.0 Å². The first-order chi connectivity index (χ1) is 8.56. The van der Waals surface area contributed by atoms with Gasteiger partial charge in [0, 0.05) is 10.0 Å². The minimum Gasteiger partial charge on any atom is -0.480 e. The normalized spacial score (nSPS) is 16.1. The average molecular weight is 312 g/mol. The van der Waals surface area contributed by atoms with E-state index in [1.165, 1.54) is 0 Å². The van der Waals surface area contributed by atoms with Crippen molar-refractivity contribution in [3.63, 3.8) is 0 Å². The first kappa shape index (κ1) is 13.1. The van der Waals surface area contributed by atoms with Gasteiger partial charge in [0.1, 0.15) is 6.04 Å². The topological polar surface area (TPSA) is 66.4 Å². The van der Waals surface area contributed by atoms with E-state index in [1.54, 1.807) is 18.2 Å². The summed E-state index contributed by atoms with van der Waals surface area (Å²) in [4.78, 5) is 23.0. The molecule has 18 heavy (non-hydrogen) atoms. The lowest BCUT2D eigenvalue weighted by Gasteiger charge is -2.14. The maximum Gasteiger partial charge on any atom is 0.326 e. The molecule has 0 saturated heterocycles. The van der Waals surface area contributed by atoms with Crippen molar-refractivity contribution in [2.24, 2.45) is 5.92 Å². The van der Waals surface area contributed by atoms with Crippen molar-refractivity contribution in [1.82, 2.24) is 5.32 Å². The molecule has 2 rings (SSSR count). The molecule has 1 saturated carbocycles. The van der Waals surface area contributed by atoms with Gasteiger partial charge in [0.25, 0.3) is 5.91 Å². The minimum absolute atomic E-state index is 0.343. The highest BCUT2D eigenvalue weighted by atomic mass is 79.9. The summed E-state index contributed by atoms with van der Waals surface area (Å²) in [7, 11) is 0. The van der Waals surface area contributed by atoms with E-state index in [1.807, 2.05) is 6.07 Å². The van der Waals surface area contributed by atoms with Crippen molar-refractivity contribution >= 4 is 27.8 Å². The molecule has 1 aromatic carbocycles. The molecule has 2 N–H and O–H groups in total. The number of carboxylic acid groups (broad SMARTS) is 1. The zero-order chi connectivity index (χ0) is 13.1. The Labute approximate surface area is 114 Å². The number of hydrogen-bond acceptors (Lipinski definition) is 2. The molecule has 0 bridgehead atoms. The van der Waals surface area contributed by atoms with Crippen LogP contribution in [0.3, 0.4) is 0 Å². The summed E-state index contributed by atoms with van der Waals surface area (Å²) in [5.74, 6) is -0.858. The lowest BCUT2D eigenvalue weighted by molar-refractivity contribution is -0.139. The zero-order valence-corrected chi connectivity index (χ0v) is 11.3. The molecule has 1 amide bonds. The standard InChI is InChI=1S/C13H14BrNO3/c14-10-3-1-2-9(7-10)12(16)15-11(13(17)18)6-8-4-5-8/h1-3,7-8,11H,4-6H2,(H,15,16)(H,17,18)/t11-/m0/s1. The van der Waals surface area contributed by atoms with Crippen molar-refractivity contribution in [1.29, 1.82) is 0 Å². The van der Waals surface area contributed by atoms with E-state index in [-0.39, 0.29) is 5.91 Å². The average Bonchev–Trinajstić information content (AvgIpc) is 3.12. The highest BCUT2D eigenvalue weighted by Gasteiger charge is 2.30. The number of carboxylic acids is 1. The third-order valence-electron chi connectivity index (χ3n) is 2.96. The quantitative estimate of drug-likeness (QED) is 0.877. The van der Waals surface area contributed by atoms with Gasteiger partial charge in [-0.2, -0.15) is 0 Å². The molecule has 1 aliphatic carbocycles. The number of benzene rings is 1. The fourth-order valence-electron chi connectivity index (χ4n) is 1.78. The zero-order valence-electron chi connectivity index (χ0n) is 9.73. The molecule has 4 nitrogen and oxygen atoms in total. The lowest BCUT2D eigenvalue weighted by atomic mass is 10.1. The van der Waals surface area contributed by atoms with Crippen LogP contribution in [0.15, 0.2) is 28.7 Å². The summed E-state index contributed by atoms with van der Waals surface area (Å²) in [6.07, 6.45) is 2.65. The predicted molar refractivity (Wildman–Crippen MR) is 70.4 cm³/mol. The number of carbonyl (C=O) groups is 2. The number of carbonyl (C=O) groups excluding carboxylic acids is 1. The third-order valence-corrected chi connectivity index (χ3v) is 3.45. The summed E-state index contributed by atoms with van der Waals surface area (Å²) in [5.41, 5.74) is 0.464. The van der Waals surface area contributed by atoms with Crippen LogP contribution in [0, 0.1) is 5.92 Å². The fraction of sp³-hybridized carbons (Fsp3) is 0.385. The van der Waals surface area contributed by atoms with Gasteiger partial charge in [-0.25, -0.2) is 4.79 Å². The molecule has 1 aromatic rings. The van der Waals surface area contributed by atoms with Crippen LogP contribution in [0.4, 0.5) is 0 Å². The second-order valence-corrected chi connectivity index (χ2v) is 5.47. The van der Waals surface area contributed by atoms with Crippen LogP contribution in [0.25, 0.3) is 0 Å². The van der Waals surface area contributed by atoms with Crippen LogP contribution in [-0.2, 0) is 4.79 Å². The maximum absolute atomic E-state index is 11.9. The predicted octanol–water partition coefficient (Wildman–Crippen LogP) is 2.43. The molecule has 5 heteroatoms. The van der Waals surface area contributed by atoms with E-state index in [9.17, 15) is 9.59 Å². The summed E-state index contributed by atoms with van der Waals surface area (Å²) >= 11 is 3.28. The molecule has 0 spiro atoms. The number of aliphatic carboxylic acids is 1. The lowest BCUT2D eigenvalue weighted by Crippen LogP contribution is -2.41. The Morgan fingerprint density at radius 1 is 1.44 bits per heavy atom. The molecule has 1 fully saturated rings. The number of halogens is 1. The molecule has 0 aliphatic heterocycles. The van der Waals surface area contributed by atoms with Crippen molar-refractivity contribution in [3.8, 4) is 0 Å². The number of hydrogen-bond donors (Lipinski definition) is 2. The Morgan fingerprint density at radius 3 is 2.72 bits per heavy atom. The second-order valence-electron chi connectivity index (χ2n) is 4.55. The Hall–Kier alpha value is -1.36. The van der Waals surface area contributed by atoms with Crippen LogP contribution in [0.1, 0.15) is 29.6 Å². The van der Waals surface area contributed by atoms with Gasteiger partial charge in [0.2, 0.25) is 0 Å². The Balaban J connectivity index is 2.01. The van der Waals surface area contributed by atoms with Gasteiger partial charge in [0.15, 0.2) is 0 Å². The van der Waals surface area contributed by atoms with E-state index in [4.69, 9.17) is 5.11 Å². The Bertz CT molecular complexity index is 471. The first-order valence-electron chi connectivity index (χ1n) is 5.85. The summed E-state index contributed by atoms with van der Waals surface area (Å²) in [6, 6.07) is 6.11. The van der Waals surface area contributed by atoms with Crippen molar-refractivity contribution in [2.45, 2.75) is 25.3 Å². The SMILES string of the molecule is O=C(N[C@@H](CC1CC1)C(=O)O)c1cccc(Br)c1. The summed E-state index contributed by atoms with van der Waals surface area (Å²) in [5, 5.41) is 11.6. The summed E-state index contributed by atoms with van der Waals surface area (Å²) in [6.45, 7) is 0. The van der Waals surface area contributed by atoms with Gasteiger partial charge in [-0.15, -0.1) is 0 Å². The number of nitrogens with one attached hydrogen (secondary N) is 1. The molecule has 96 valence electrons. The van der Waals surface area contributed by atoms with E-state index in [2.05, 4.69) is 21.2 Å². The van der Waals surface area contributed by atoms with Gasteiger partial charge < -0.3 is 10.4 Å². The van der Waals surface area contributed by atoms with Gasteiger partial charge in [-0.05, 0) is 30.5 Å². The minimum atomic E-state index is -0.967. The van der Waals surface area contributed by atoms with Crippen LogP contribution in [0.2, 0.25) is 0 Å². The molecule has 1 aliphatic rings. The van der Waals surface area contributed by atoms with Crippen molar-refractivity contribution in [2.75, 3.05) is 0 Å². The molecular weight excluding hydrogens is 298 g/mol. The third kappa shape index (κ3) is 3.57. The van der Waals surface area contributed by atoms with Gasteiger partial charge in [0.05, 0.1) is 0 Å². The number of amides is 1. The fourth-order valence-corrected chi connectivity index (χ4v) is 2.18. The molecule has 0 unspecified atom stereocenters. The molecule has 0 aromatic heterocycles.